The Morgan fingerprint density at radius 1 is 1.45 bits per heavy atom. The Hall–Kier alpha value is -0.920. The Kier molecular flexibility index (Phi) is 3.86. The summed E-state index contributed by atoms with van der Waals surface area (Å²) in [6, 6.07) is 5.09. The molecular formula is C15H18BrNO4S. The van der Waals surface area contributed by atoms with Crippen molar-refractivity contribution in [2.45, 2.75) is 31.1 Å². The fourth-order valence-electron chi connectivity index (χ4n) is 3.73. The van der Waals surface area contributed by atoms with Crippen molar-refractivity contribution in [2.24, 2.45) is 11.3 Å². The summed E-state index contributed by atoms with van der Waals surface area (Å²) in [5.74, 6) is -0.945. The molecule has 1 saturated heterocycles. The molecule has 3 rings (SSSR count). The third-order valence-corrected chi connectivity index (χ3v) is 7.76. The highest BCUT2D eigenvalue weighted by Gasteiger charge is 2.57. The first-order valence-electron chi connectivity index (χ1n) is 7.27. The number of rotatable bonds is 3. The van der Waals surface area contributed by atoms with Crippen LogP contribution in [0.4, 0.5) is 0 Å². The number of benzene rings is 1. The van der Waals surface area contributed by atoms with Crippen molar-refractivity contribution in [1.82, 2.24) is 4.31 Å². The van der Waals surface area contributed by atoms with Crippen molar-refractivity contribution in [3.63, 3.8) is 0 Å². The number of sulfonamides is 1. The summed E-state index contributed by atoms with van der Waals surface area (Å²) in [5, 5.41) is 9.59. The predicted octanol–water partition coefficient (Wildman–Crippen LogP) is 2.63. The normalized spacial score (nSPS) is 28.7. The molecule has 1 N–H and O–H groups in total. The molecule has 0 radical (unpaired) electrons. The lowest BCUT2D eigenvalue weighted by Crippen LogP contribution is -2.37. The Labute approximate surface area is 138 Å². The van der Waals surface area contributed by atoms with E-state index in [-0.39, 0.29) is 17.4 Å². The predicted molar refractivity (Wildman–Crippen MR) is 85.0 cm³/mol. The van der Waals surface area contributed by atoms with Gasteiger partial charge in [-0.1, -0.05) is 12.5 Å². The maximum Gasteiger partial charge on any atom is 0.311 e. The molecule has 0 spiro atoms. The first kappa shape index (κ1) is 16.0. The molecule has 7 heteroatoms. The quantitative estimate of drug-likeness (QED) is 0.864. The van der Waals surface area contributed by atoms with Gasteiger partial charge in [-0.05, 0) is 59.3 Å². The molecule has 22 heavy (non-hydrogen) atoms. The molecule has 0 amide bonds. The van der Waals surface area contributed by atoms with Gasteiger partial charge in [-0.3, -0.25) is 4.79 Å². The highest BCUT2D eigenvalue weighted by molar-refractivity contribution is 9.10. The minimum Gasteiger partial charge on any atom is -0.481 e. The van der Waals surface area contributed by atoms with E-state index < -0.39 is 21.4 Å². The van der Waals surface area contributed by atoms with Gasteiger partial charge in [0.1, 0.15) is 0 Å². The fraction of sp³-hybridized carbons (Fsp3) is 0.533. The number of halogens is 1. The number of carboxylic acids is 1. The minimum atomic E-state index is -3.68. The van der Waals surface area contributed by atoms with Crippen molar-refractivity contribution < 1.29 is 18.3 Å². The topological polar surface area (TPSA) is 74.7 Å². The molecule has 1 heterocycles. The molecule has 0 bridgehead atoms. The smallest absolute Gasteiger partial charge is 0.311 e. The van der Waals surface area contributed by atoms with Gasteiger partial charge in [0.25, 0.3) is 0 Å². The van der Waals surface area contributed by atoms with E-state index in [1.54, 1.807) is 18.2 Å². The van der Waals surface area contributed by atoms with Crippen LogP contribution in [0.2, 0.25) is 0 Å². The number of fused-ring (bicyclic) bond motifs is 1. The number of nitrogens with zero attached hydrogens (tertiary/aromatic N) is 1. The van der Waals surface area contributed by atoms with Crippen LogP contribution < -0.4 is 0 Å². The largest absolute Gasteiger partial charge is 0.481 e. The van der Waals surface area contributed by atoms with Gasteiger partial charge < -0.3 is 5.11 Å². The third-order valence-electron chi connectivity index (χ3n) is 4.97. The van der Waals surface area contributed by atoms with Gasteiger partial charge in [0.2, 0.25) is 10.0 Å². The van der Waals surface area contributed by atoms with Crippen LogP contribution in [0.25, 0.3) is 0 Å². The second-order valence-corrected chi connectivity index (χ2v) is 9.04. The Morgan fingerprint density at radius 3 is 2.77 bits per heavy atom. The van der Waals surface area contributed by atoms with Crippen LogP contribution >= 0.6 is 15.9 Å². The number of aliphatic carboxylic acids is 1. The monoisotopic (exact) mass is 387 g/mol. The van der Waals surface area contributed by atoms with E-state index in [0.717, 1.165) is 18.4 Å². The zero-order valence-electron chi connectivity index (χ0n) is 12.3. The van der Waals surface area contributed by atoms with Gasteiger partial charge in [-0.25, -0.2) is 8.42 Å². The number of hydrogen-bond acceptors (Lipinski definition) is 3. The summed E-state index contributed by atoms with van der Waals surface area (Å²) in [6.07, 6.45) is 2.21. The van der Waals surface area contributed by atoms with E-state index >= 15 is 0 Å². The maximum atomic E-state index is 12.9. The average molecular weight is 388 g/mol. The van der Waals surface area contributed by atoms with Gasteiger partial charge in [0.05, 0.1) is 10.3 Å². The molecule has 1 aliphatic heterocycles. The number of carboxylic acid groups (broad SMARTS) is 1. The summed E-state index contributed by atoms with van der Waals surface area (Å²) in [6.45, 7) is 2.27. The Balaban J connectivity index is 1.96. The zero-order chi connectivity index (χ0) is 16.1. The van der Waals surface area contributed by atoms with Gasteiger partial charge in [0, 0.05) is 17.6 Å². The first-order chi connectivity index (χ1) is 10.3. The SMILES string of the molecule is Cc1ccc(S(=O)(=O)N2C[C@@H]3CCC[C@@]3(C(=O)O)C2)c(Br)c1. The summed E-state index contributed by atoms with van der Waals surface area (Å²) in [7, 11) is -3.68. The first-order valence-corrected chi connectivity index (χ1v) is 9.50. The highest BCUT2D eigenvalue weighted by atomic mass is 79.9. The van der Waals surface area contributed by atoms with Crippen molar-refractivity contribution >= 4 is 31.9 Å². The van der Waals surface area contributed by atoms with E-state index in [1.165, 1.54) is 4.31 Å². The van der Waals surface area contributed by atoms with E-state index in [1.807, 2.05) is 6.92 Å². The van der Waals surface area contributed by atoms with Crippen LogP contribution in [0, 0.1) is 18.3 Å². The van der Waals surface area contributed by atoms with Crippen molar-refractivity contribution in [1.29, 1.82) is 0 Å². The standard InChI is InChI=1S/C15H18BrNO4S/c1-10-4-5-13(12(16)7-10)22(20,21)17-8-11-3-2-6-15(11,9-17)14(18)19/h4-5,7,11H,2-3,6,8-9H2,1H3,(H,18,19)/t11-,15+/m0/s1. The molecule has 2 atom stereocenters. The van der Waals surface area contributed by atoms with Crippen LogP contribution in [-0.2, 0) is 14.8 Å². The third kappa shape index (κ3) is 2.30. The van der Waals surface area contributed by atoms with Gasteiger partial charge in [0.15, 0.2) is 0 Å². The molecule has 0 unspecified atom stereocenters. The van der Waals surface area contributed by atoms with Gasteiger partial charge in [-0.15, -0.1) is 0 Å². The van der Waals surface area contributed by atoms with Gasteiger partial charge >= 0.3 is 5.97 Å². The van der Waals surface area contributed by atoms with Crippen LogP contribution in [0.1, 0.15) is 24.8 Å². The van der Waals surface area contributed by atoms with E-state index in [4.69, 9.17) is 0 Å². The Morgan fingerprint density at radius 2 is 2.18 bits per heavy atom. The molecule has 1 saturated carbocycles. The number of hydrogen-bond donors (Lipinski definition) is 1. The molecule has 120 valence electrons. The van der Waals surface area contributed by atoms with Crippen LogP contribution in [0.5, 0.6) is 0 Å². The maximum absolute atomic E-state index is 12.9. The fourth-order valence-corrected chi connectivity index (χ4v) is 6.44. The Bertz CT molecular complexity index is 733. The summed E-state index contributed by atoms with van der Waals surface area (Å²) < 4.78 is 27.6. The van der Waals surface area contributed by atoms with E-state index in [0.29, 0.717) is 17.4 Å². The zero-order valence-corrected chi connectivity index (χ0v) is 14.7. The summed E-state index contributed by atoms with van der Waals surface area (Å²) >= 11 is 3.31. The van der Waals surface area contributed by atoms with Crippen molar-refractivity contribution in [2.75, 3.05) is 13.1 Å². The van der Waals surface area contributed by atoms with Crippen LogP contribution in [-0.4, -0.2) is 36.9 Å². The lowest BCUT2D eigenvalue weighted by Gasteiger charge is -2.23. The summed E-state index contributed by atoms with van der Waals surface area (Å²) in [5.41, 5.74) is 0.0654. The van der Waals surface area contributed by atoms with E-state index in [9.17, 15) is 18.3 Å². The molecule has 2 aliphatic rings. The molecule has 5 nitrogen and oxygen atoms in total. The molecule has 1 aromatic carbocycles. The molecule has 1 aliphatic carbocycles. The lowest BCUT2D eigenvalue weighted by molar-refractivity contribution is -0.149. The second kappa shape index (κ2) is 5.32. The minimum absolute atomic E-state index is 0.0790. The molecule has 2 fully saturated rings. The van der Waals surface area contributed by atoms with Crippen LogP contribution in [0.15, 0.2) is 27.6 Å². The average Bonchev–Trinajstić information content (AvgIpc) is 2.95. The van der Waals surface area contributed by atoms with Crippen LogP contribution in [0.3, 0.4) is 0 Å². The second-order valence-electron chi connectivity index (χ2n) is 6.28. The lowest BCUT2D eigenvalue weighted by atomic mass is 9.81. The number of carbonyl (C=O) groups is 1. The van der Waals surface area contributed by atoms with Crippen molar-refractivity contribution in [3.8, 4) is 0 Å². The number of aryl methyl sites for hydroxylation is 1. The summed E-state index contributed by atoms with van der Waals surface area (Å²) in [4.78, 5) is 11.9. The highest BCUT2D eigenvalue weighted by Crippen LogP contribution is 2.50. The molecular weight excluding hydrogens is 370 g/mol. The van der Waals surface area contributed by atoms with Gasteiger partial charge in [-0.2, -0.15) is 4.31 Å². The van der Waals surface area contributed by atoms with Crippen molar-refractivity contribution in [3.05, 3.63) is 28.2 Å². The molecule has 0 aromatic heterocycles. The molecule has 1 aromatic rings. The van der Waals surface area contributed by atoms with E-state index in [2.05, 4.69) is 15.9 Å².